The normalized spacial score (nSPS) is 11.2. The van der Waals surface area contributed by atoms with E-state index in [4.69, 9.17) is 0 Å². The number of hydrogen-bond donors (Lipinski definition) is 0. The molecule has 0 unspecified atom stereocenters. The molecule has 0 amide bonds. The average Bonchev–Trinajstić information content (AvgIpc) is 1.58. The summed E-state index contributed by atoms with van der Waals surface area (Å²) in [5.41, 5.74) is 0.101. The standard InChI is InChI=1S/C8H18Si.Zr/c1-7(2)5-9-6-8(3)4;/h7-8H,5-6H2,1-4H3;/q;+2. The first kappa shape index (κ1) is 11.1. The van der Waals surface area contributed by atoms with E-state index in [-0.39, 0.29) is 5.43 Å². The molecule has 0 atom stereocenters. The Morgan fingerprint density at radius 1 is 1.00 bits per heavy atom. The van der Waals surface area contributed by atoms with E-state index in [1.54, 1.807) is 0 Å². The molecule has 0 aromatic rings. The molecule has 0 nitrogen and oxygen atoms in total. The summed E-state index contributed by atoms with van der Waals surface area (Å²) < 4.78 is 0. The second-order valence-electron chi connectivity index (χ2n) is 3.80. The molecule has 0 fully saturated rings. The van der Waals surface area contributed by atoms with Gasteiger partial charge >= 0.3 is 80.4 Å². The van der Waals surface area contributed by atoms with Crippen molar-refractivity contribution in [1.82, 2.24) is 0 Å². The van der Waals surface area contributed by atoms with E-state index in [0.29, 0.717) is 0 Å². The van der Waals surface area contributed by atoms with Crippen molar-refractivity contribution < 1.29 is 23.3 Å². The zero-order valence-electron chi connectivity index (χ0n) is 7.57. The van der Waals surface area contributed by atoms with Gasteiger partial charge in [0.15, 0.2) is 0 Å². The van der Waals surface area contributed by atoms with Crippen LogP contribution in [0, 0.1) is 11.8 Å². The first-order valence-electron chi connectivity index (χ1n) is 4.08. The van der Waals surface area contributed by atoms with Crippen molar-refractivity contribution in [3.63, 3.8) is 0 Å². The van der Waals surface area contributed by atoms with E-state index in [2.05, 4.69) is 27.7 Å². The average molecular weight is 234 g/mol. The minimum atomic E-state index is 0.101. The molecule has 56 valence electrons. The molecule has 0 radical (unpaired) electrons. The molecular weight excluding hydrogens is 215 g/mol. The SMILES string of the molecule is CC(C)C[Si](=[Zr+2])CC(C)C. The molecule has 0 aliphatic heterocycles. The Morgan fingerprint density at radius 2 is 1.30 bits per heavy atom. The van der Waals surface area contributed by atoms with Crippen LogP contribution < -0.4 is 0 Å². The van der Waals surface area contributed by atoms with Crippen molar-refractivity contribution in [1.29, 1.82) is 0 Å². The van der Waals surface area contributed by atoms with Crippen molar-refractivity contribution in [2.45, 2.75) is 39.8 Å². The summed E-state index contributed by atoms with van der Waals surface area (Å²) in [5, 5.41) is 0. The molecule has 0 aromatic heterocycles. The summed E-state index contributed by atoms with van der Waals surface area (Å²) in [4.78, 5) is 0. The molecule has 0 aliphatic rings. The maximum absolute atomic E-state index is 2.34. The monoisotopic (exact) mass is 232 g/mol. The van der Waals surface area contributed by atoms with Crippen LogP contribution in [0.4, 0.5) is 0 Å². The molecule has 0 bridgehead atoms. The fourth-order valence-corrected chi connectivity index (χ4v) is 9.23. The van der Waals surface area contributed by atoms with Crippen molar-refractivity contribution in [3.05, 3.63) is 0 Å². The Hall–Kier alpha value is 1.10. The van der Waals surface area contributed by atoms with Gasteiger partial charge in [-0.3, -0.25) is 0 Å². The van der Waals surface area contributed by atoms with Crippen LogP contribution in [0.3, 0.4) is 0 Å². The maximum atomic E-state index is 2.34. The minimum absolute atomic E-state index is 0.101. The fourth-order valence-electron chi connectivity index (χ4n) is 1.07. The Bertz CT molecular complexity index is 95.8. The Balaban J connectivity index is 3.44. The summed E-state index contributed by atoms with van der Waals surface area (Å²) in [6.07, 6.45) is 0. The third-order valence-electron chi connectivity index (χ3n) is 1.31. The van der Waals surface area contributed by atoms with E-state index in [1.165, 1.54) is 12.1 Å². The topological polar surface area (TPSA) is 0 Å². The summed E-state index contributed by atoms with van der Waals surface area (Å²) in [7, 11) is 0. The molecule has 0 saturated heterocycles. The van der Waals surface area contributed by atoms with E-state index in [1.807, 2.05) is 23.3 Å². The van der Waals surface area contributed by atoms with Gasteiger partial charge in [0.25, 0.3) is 0 Å². The van der Waals surface area contributed by atoms with Gasteiger partial charge in [0.1, 0.15) is 0 Å². The third-order valence-corrected chi connectivity index (χ3v) is 6.94. The second kappa shape index (κ2) is 5.71. The van der Waals surface area contributed by atoms with Crippen molar-refractivity contribution in [2.75, 3.05) is 0 Å². The second-order valence-corrected chi connectivity index (χ2v) is 11.0. The zero-order chi connectivity index (χ0) is 8.15. The molecule has 2 heteroatoms. The van der Waals surface area contributed by atoms with Gasteiger partial charge in [0.2, 0.25) is 0 Å². The summed E-state index contributed by atoms with van der Waals surface area (Å²) >= 11 is 1.83. The Morgan fingerprint density at radius 3 is 1.50 bits per heavy atom. The quantitative estimate of drug-likeness (QED) is 0.655. The summed E-state index contributed by atoms with van der Waals surface area (Å²) in [5.74, 6) is 1.87. The number of hydrogen-bond acceptors (Lipinski definition) is 0. The first-order valence-corrected chi connectivity index (χ1v) is 9.68. The fraction of sp³-hybridized carbons (Fsp3) is 1.00. The number of rotatable bonds is 4. The predicted molar refractivity (Wildman–Crippen MR) is 45.0 cm³/mol. The summed E-state index contributed by atoms with van der Waals surface area (Å²) in [6.45, 7) is 9.37. The molecule has 0 aromatic carbocycles. The van der Waals surface area contributed by atoms with Gasteiger partial charge in [-0.05, 0) is 0 Å². The van der Waals surface area contributed by atoms with E-state index in [0.717, 1.165) is 11.8 Å². The van der Waals surface area contributed by atoms with Crippen molar-refractivity contribution in [3.8, 4) is 0 Å². The summed E-state index contributed by atoms with van der Waals surface area (Å²) in [6, 6.07) is 3.06. The van der Waals surface area contributed by atoms with Crippen LogP contribution in [-0.4, -0.2) is 5.43 Å². The van der Waals surface area contributed by atoms with E-state index < -0.39 is 0 Å². The van der Waals surface area contributed by atoms with Crippen LogP contribution in [0.25, 0.3) is 0 Å². The molecule has 0 aliphatic carbocycles. The van der Waals surface area contributed by atoms with Crippen LogP contribution in [0.5, 0.6) is 0 Å². The molecule has 0 N–H and O–H groups in total. The molecule has 10 heavy (non-hydrogen) atoms. The zero-order valence-corrected chi connectivity index (χ0v) is 11.0. The van der Waals surface area contributed by atoms with Gasteiger partial charge in [-0.1, -0.05) is 0 Å². The van der Waals surface area contributed by atoms with Gasteiger partial charge in [-0.25, -0.2) is 0 Å². The Kier molecular flexibility index (Phi) is 6.34. The van der Waals surface area contributed by atoms with Gasteiger partial charge in [-0.2, -0.15) is 0 Å². The van der Waals surface area contributed by atoms with Crippen LogP contribution in [-0.2, 0) is 23.3 Å². The third kappa shape index (κ3) is 7.21. The van der Waals surface area contributed by atoms with Gasteiger partial charge in [0.05, 0.1) is 0 Å². The van der Waals surface area contributed by atoms with Crippen LogP contribution >= 0.6 is 0 Å². The van der Waals surface area contributed by atoms with E-state index >= 15 is 0 Å². The predicted octanol–water partition coefficient (Wildman–Crippen LogP) is 2.84. The molecule has 0 rings (SSSR count). The van der Waals surface area contributed by atoms with Crippen molar-refractivity contribution in [2.24, 2.45) is 11.8 Å². The van der Waals surface area contributed by atoms with Gasteiger partial charge in [0, 0.05) is 0 Å². The molecule has 0 spiro atoms. The van der Waals surface area contributed by atoms with Crippen LogP contribution in [0.15, 0.2) is 0 Å². The van der Waals surface area contributed by atoms with Crippen LogP contribution in [0.1, 0.15) is 27.7 Å². The van der Waals surface area contributed by atoms with Gasteiger partial charge < -0.3 is 0 Å². The Labute approximate surface area is 80.2 Å². The van der Waals surface area contributed by atoms with Crippen LogP contribution in [0.2, 0.25) is 12.1 Å². The van der Waals surface area contributed by atoms with Gasteiger partial charge in [-0.15, -0.1) is 0 Å². The molecule has 0 saturated carbocycles. The molecule has 0 heterocycles. The van der Waals surface area contributed by atoms with Crippen molar-refractivity contribution >= 4 is 5.43 Å². The van der Waals surface area contributed by atoms with E-state index in [9.17, 15) is 0 Å². The first-order chi connectivity index (χ1) is 4.52. The molecular formula is C8H18SiZr+2.